The van der Waals surface area contributed by atoms with Crippen LogP contribution in [0.3, 0.4) is 0 Å². The highest BCUT2D eigenvalue weighted by Crippen LogP contribution is 2.64. The molecule has 1 aliphatic heterocycles. The van der Waals surface area contributed by atoms with Crippen molar-refractivity contribution in [3.05, 3.63) is 82.9 Å². The summed E-state index contributed by atoms with van der Waals surface area (Å²) in [6, 6.07) is 15.1. The number of Topliss-reactive ketones (excluding diaryl/α,β-unsaturated/α-hetero) is 1. The van der Waals surface area contributed by atoms with Crippen LogP contribution in [0.25, 0.3) is 0 Å². The Balaban J connectivity index is 1.52. The summed E-state index contributed by atoms with van der Waals surface area (Å²) in [5, 5.41) is 28.0. The molecule has 326 valence electrons. The molecule has 15 nitrogen and oxygen atoms in total. The Morgan fingerprint density at radius 3 is 2.08 bits per heavy atom. The van der Waals surface area contributed by atoms with Crippen LogP contribution in [0.2, 0.25) is 0 Å². The Labute approximate surface area is 350 Å². The molecule has 2 aromatic carbocycles. The average Bonchev–Trinajstić information content (AvgIpc) is 3.18. The molecular weight excluding hydrogens is 778 g/mol. The largest absolute Gasteiger partial charge is 0.456 e. The fraction of sp³-hybridized carbons (Fsp3) is 0.578. The fourth-order valence-corrected chi connectivity index (χ4v) is 10.1. The van der Waals surface area contributed by atoms with Gasteiger partial charge in [0.1, 0.15) is 35.6 Å². The van der Waals surface area contributed by atoms with Crippen molar-refractivity contribution in [2.24, 2.45) is 16.7 Å². The standard InChI is InChI=1S/C45H57NO14/c1-24-28(57-39(51)33(48)32(26-17-13-11-14-18-26)46-40(52)60-41(3,4)5)22-45(53)37(58-38(50)27-19-15-12-16-20-27)35-43(8,36(49)34(55-10)31(24)42(45,6)7)29(54-9)21-30-44(35,23-56-30)59-25(2)47/h11-20,28-30,32-35,37,48,53H,21-23H2,1-10H3,(H,46,52)/t28-,29+,30-,32-,33-,34-,35+,37-,43+,44+,45-/m0/s1. The van der Waals surface area contributed by atoms with E-state index < -0.39 is 112 Å². The van der Waals surface area contributed by atoms with Gasteiger partial charge in [0.05, 0.1) is 35.6 Å². The Morgan fingerprint density at radius 1 is 0.933 bits per heavy atom. The van der Waals surface area contributed by atoms with Gasteiger partial charge < -0.3 is 48.7 Å². The van der Waals surface area contributed by atoms with Gasteiger partial charge in [-0.2, -0.15) is 0 Å². The van der Waals surface area contributed by atoms with Crippen molar-refractivity contribution in [1.82, 2.24) is 5.32 Å². The molecule has 2 saturated carbocycles. The number of rotatable bonds is 10. The van der Waals surface area contributed by atoms with Crippen molar-refractivity contribution < 1.29 is 67.3 Å². The maximum absolute atomic E-state index is 15.5. The van der Waals surface area contributed by atoms with Crippen LogP contribution < -0.4 is 5.32 Å². The number of ether oxygens (including phenoxy) is 7. The lowest BCUT2D eigenvalue weighted by Crippen LogP contribution is -2.82. The number of hydrogen-bond donors (Lipinski definition) is 3. The molecule has 15 heteroatoms. The number of nitrogens with one attached hydrogen (secondary N) is 1. The number of hydrogen-bond acceptors (Lipinski definition) is 14. The third-order valence-corrected chi connectivity index (χ3v) is 13.0. The highest BCUT2D eigenvalue weighted by Gasteiger charge is 2.78. The number of alkyl carbamates (subject to hydrolysis) is 1. The fourth-order valence-electron chi connectivity index (χ4n) is 10.1. The van der Waals surface area contributed by atoms with Crippen LogP contribution in [-0.2, 0) is 47.5 Å². The molecule has 1 heterocycles. The molecule has 60 heavy (non-hydrogen) atoms. The number of methoxy groups -OCH3 is 2. The first-order chi connectivity index (χ1) is 28.1. The molecule has 0 radical (unpaired) electrons. The van der Waals surface area contributed by atoms with E-state index in [9.17, 15) is 29.4 Å². The average molecular weight is 836 g/mol. The van der Waals surface area contributed by atoms with Gasteiger partial charge in [-0.1, -0.05) is 62.4 Å². The summed E-state index contributed by atoms with van der Waals surface area (Å²) in [4.78, 5) is 70.1. The minimum atomic E-state index is -2.22. The van der Waals surface area contributed by atoms with E-state index in [-0.39, 0.29) is 24.2 Å². The van der Waals surface area contributed by atoms with E-state index in [1.165, 1.54) is 21.1 Å². The topological polar surface area (TPSA) is 202 Å². The van der Waals surface area contributed by atoms with Crippen molar-refractivity contribution in [1.29, 1.82) is 0 Å². The lowest BCUT2D eigenvalue weighted by Gasteiger charge is -2.67. The second kappa shape index (κ2) is 16.3. The van der Waals surface area contributed by atoms with Crippen molar-refractivity contribution in [3.8, 4) is 0 Å². The normalized spacial score (nSPS) is 33.0. The van der Waals surface area contributed by atoms with E-state index in [1.54, 1.807) is 109 Å². The minimum absolute atomic E-state index is 0.121. The molecule has 0 spiro atoms. The number of aliphatic hydroxyl groups is 2. The van der Waals surface area contributed by atoms with E-state index >= 15 is 4.79 Å². The van der Waals surface area contributed by atoms with Crippen LogP contribution >= 0.6 is 0 Å². The Kier molecular flexibility index (Phi) is 12.2. The van der Waals surface area contributed by atoms with Gasteiger partial charge in [0.2, 0.25) is 0 Å². The van der Waals surface area contributed by atoms with E-state index in [0.717, 1.165) is 0 Å². The number of benzene rings is 2. The molecule has 3 N–H and O–H groups in total. The third-order valence-electron chi connectivity index (χ3n) is 13.0. The van der Waals surface area contributed by atoms with Gasteiger partial charge in [0.15, 0.2) is 17.5 Å². The van der Waals surface area contributed by atoms with Crippen LogP contribution in [0, 0.1) is 16.7 Å². The maximum Gasteiger partial charge on any atom is 0.408 e. The van der Waals surface area contributed by atoms with E-state index in [4.69, 9.17) is 33.2 Å². The smallest absolute Gasteiger partial charge is 0.408 e. The molecular formula is C45H57NO14. The summed E-state index contributed by atoms with van der Waals surface area (Å²) in [7, 11) is 2.78. The number of ketones is 1. The Hall–Kier alpha value is -4.67. The summed E-state index contributed by atoms with van der Waals surface area (Å²) in [5.74, 6) is -4.52. The van der Waals surface area contributed by atoms with E-state index in [0.29, 0.717) is 11.1 Å². The molecule has 0 unspecified atom stereocenters. The predicted octanol–water partition coefficient (Wildman–Crippen LogP) is 4.57. The molecule has 2 bridgehead atoms. The molecule has 4 aliphatic rings. The van der Waals surface area contributed by atoms with Crippen molar-refractivity contribution in [2.45, 2.75) is 128 Å². The molecule has 3 aliphatic carbocycles. The van der Waals surface area contributed by atoms with Crippen LogP contribution in [-0.4, -0.2) is 114 Å². The number of aliphatic hydroxyl groups excluding tert-OH is 1. The van der Waals surface area contributed by atoms with Gasteiger partial charge in [0, 0.05) is 39.4 Å². The van der Waals surface area contributed by atoms with Crippen molar-refractivity contribution >= 4 is 29.8 Å². The summed E-state index contributed by atoms with van der Waals surface area (Å²) in [6.45, 7) is 12.7. The molecule has 2 aromatic rings. The molecule has 3 fully saturated rings. The zero-order chi connectivity index (χ0) is 44.2. The first-order valence-corrected chi connectivity index (χ1v) is 20.1. The molecule has 1 saturated heterocycles. The highest BCUT2D eigenvalue weighted by molar-refractivity contribution is 5.94. The molecule has 6 rings (SSSR count). The maximum atomic E-state index is 15.5. The first kappa shape index (κ1) is 44.9. The van der Waals surface area contributed by atoms with Gasteiger partial charge in [-0.05, 0) is 63.5 Å². The quantitative estimate of drug-likeness (QED) is 0.171. The van der Waals surface area contributed by atoms with Crippen molar-refractivity contribution in [2.75, 3.05) is 20.8 Å². The minimum Gasteiger partial charge on any atom is -0.456 e. The number of fused-ring (bicyclic) bond motifs is 5. The van der Waals surface area contributed by atoms with E-state index in [1.807, 2.05) is 0 Å². The van der Waals surface area contributed by atoms with Crippen LogP contribution in [0.15, 0.2) is 71.8 Å². The van der Waals surface area contributed by atoms with Gasteiger partial charge >= 0.3 is 24.0 Å². The van der Waals surface area contributed by atoms with Gasteiger partial charge in [-0.3, -0.25) is 9.59 Å². The SMILES string of the molecule is CO[C@@H]1C(=O)[C@]2(C)[C@H](OC)C[C@@H]3OC[C@]3(OC(C)=O)[C@@H]2[C@H](OC(=O)c2ccccc2)[C@@]2(O)C[C@H](OC(=O)[C@@H](O)[C@@H](NC(=O)OC(C)(C)C)c3ccccc3)C(C)=C1C2(C)C. The highest BCUT2D eigenvalue weighted by atomic mass is 16.6. The third kappa shape index (κ3) is 7.52. The molecule has 11 atom stereocenters. The summed E-state index contributed by atoms with van der Waals surface area (Å²) in [6.07, 6.45) is -9.31. The lowest BCUT2D eigenvalue weighted by molar-refractivity contribution is -0.347. The zero-order valence-corrected chi connectivity index (χ0v) is 35.8. The number of carbonyl (C=O) groups excluding carboxylic acids is 5. The summed E-state index contributed by atoms with van der Waals surface area (Å²) < 4.78 is 42.4. The zero-order valence-electron chi connectivity index (χ0n) is 35.8. The van der Waals surface area contributed by atoms with E-state index in [2.05, 4.69) is 5.32 Å². The number of carbonyl (C=O) groups is 5. The van der Waals surface area contributed by atoms with Crippen LogP contribution in [0.1, 0.15) is 90.2 Å². The van der Waals surface area contributed by atoms with Crippen LogP contribution in [0.5, 0.6) is 0 Å². The predicted molar refractivity (Wildman–Crippen MR) is 213 cm³/mol. The number of amides is 1. The van der Waals surface area contributed by atoms with Gasteiger partial charge in [-0.15, -0.1) is 0 Å². The van der Waals surface area contributed by atoms with Crippen LogP contribution in [0.4, 0.5) is 4.79 Å². The molecule has 1 amide bonds. The first-order valence-electron chi connectivity index (χ1n) is 20.1. The lowest BCUT2D eigenvalue weighted by atomic mass is 9.44. The van der Waals surface area contributed by atoms with Gasteiger partial charge in [-0.25, -0.2) is 14.4 Å². The number of esters is 3. The molecule has 0 aromatic heterocycles. The summed E-state index contributed by atoms with van der Waals surface area (Å²) >= 11 is 0. The second-order valence-corrected chi connectivity index (χ2v) is 18.0. The van der Waals surface area contributed by atoms with Gasteiger partial charge in [0.25, 0.3) is 0 Å². The monoisotopic (exact) mass is 835 g/mol. The Bertz CT molecular complexity index is 2010. The van der Waals surface area contributed by atoms with Crippen molar-refractivity contribution in [3.63, 3.8) is 0 Å². The second-order valence-electron chi connectivity index (χ2n) is 18.0. The summed E-state index contributed by atoms with van der Waals surface area (Å²) in [5.41, 5.74) is -6.72. The Morgan fingerprint density at radius 2 is 1.55 bits per heavy atom.